The highest BCUT2D eigenvalue weighted by Gasteiger charge is 2.22. The van der Waals surface area contributed by atoms with E-state index in [0.717, 1.165) is 5.39 Å². The number of nitrogens with zero attached hydrogens (tertiary/aromatic N) is 1. The molecule has 0 unspecified atom stereocenters. The summed E-state index contributed by atoms with van der Waals surface area (Å²) in [5.41, 5.74) is 0. The summed E-state index contributed by atoms with van der Waals surface area (Å²) < 4.78 is 23.6. The van der Waals surface area contributed by atoms with Crippen LogP contribution in [0.15, 0.2) is 47.4 Å². The summed E-state index contributed by atoms with van der Waals surface area (Å²) in [6.07, 6.45) is 0. The van der Waals surface area contributed by atoms with Crippen molar-refractivity contribution in [2.24, 2.45) is 0 Å². The van der Waals surface area contributed by atoms with Gasteiger partial charge in [0.15, 0.2) is 0 Å². The van der Waals surface area contributed by atoms with Crippen LogP contribution in [0.2, 0.25) is 0 Å². The van der Waals surface area contributed by atoms with Gasteiger partial charge in [-0.2, -0.15) is 0 Å². The van der Waals surface area contributed by atoms with E-state index >= 15 is 0 Å². The lowest BCUT2D eigenvalue weighted by Gasteiger charge is -2.04. The molecule has 0 aliphatic rings. The van der Waals surface area contributed by atoms with Crippen molar-refractivity contribution in [1.82, 2.24) is 0 Å². The standard InChI is InChI=1S/C11H9NO4S/c13-12(14)8-17(15,16)11-7-3-5-9-4-1-2-6-10(9)11/h1-7H,8H2. The lowest BCUT2D eigenvalue weighted by atomic mass is 10.1. The number of hydrogen-bond donors (Lipinski definition) is 0. The third-order valence-corrected chi connectivity index (χ3v) is 3.94. The van der Waals surface area contributed by atoms with Gasteiger partial charge in [-0.25, -0.2) is 8.42 Å². The van der Waals surface area contributed by atoms with Crippen molar-refractivity contribution in [3.05, 3.63) is 52.6 Å². The molecule has 0 aliphatic carbocycles. The van der Waals surface area contributed by atoms with E-state index in [0.29, 0.717) is 5.39 Å². The SMILES string of the molecule is O=[N+]([O-])CS(=O)(=O)c1cccc2ccccc12. The van der Waals surface area contributed by atoms with Crippen molar-refractivity contribution < 1.29 is 13.3 Å². The number of benzene rings is 2. The average Bonchev–Trinajstić information content (AvgIpc) is 2.26. The molecule has 0 atom stereocenters. The molecule has 2 aromatic carbocycles. The first kappa shape index (κ1) is 11.5. The van der Waals surface area contributed by atoms with E-state index in [1.807, 2.05) is 0 Å². The maximum atomic E-state index is 11.8. The molecule has 0 saturated carbocycles. The molecule has 0 saturated heterocycles. The number of nitro groups is 1. The molecular weight excluding hydrogens is 242 g/mol. The first-order chi connectivity index (χ1) is 8.00. The van der Waals surface area contributed by atoms with Gasteiger partial charge in [0.05, 0.1) is 4.90 Å². The zero-order valence-electron chi connectivity index (χ0n) is 8.74. The zero-order chi connectivity index (χ0) is 12.5. The van der Waals surface area contributed by atoms with Crippen LogP contribution in [0.4, 0.5) is 0 Å². The van der Waals surface area contributed by atoms with Crippen LogP contribution in [0.25, 0.3) is 10.8 Å². The summed E-state index contributed by atoms with van der Waals surface area (Å²) in [7, 11) is -3.89. The number of rotatable bonds is 3. The molecular formula is C11H9NO4S. The predicted molar refractivity (Wildman–Crippen MR) is 63.0 cm³/mol. The first-order valence-electron chi connectivity index (χ1n) is 4.83. The fraction of sp³-hybridized carbons (Fsp3) is 0.0909. The highest BCUT2D eigenvalue weighted by molar-refractivity contribution is 7.91. The average molecular weight is 251 g/mol. The highest BCUT2D eigenvalue weighted by atomic mass is 32.2. The van der Waals surface area contributed by atoms with E-state index in [9.17, 15) is 18.5 Å². The Hall–Kier alpha value is -1.95. The number of fused-ring (bicyclic) bond motifs is 1. The number of hydrogen-bond acceptors (Lipinski definition) is 4. The Balaban J connectivity index is 2.67. The van der Waals surface area contributed by atoms with Gasteiger partial charge in [-0.3, -0.25) is 10.1 Å². The Morgan fingerprint density at radius 1 is 1.06 bits per heavy atom. The van der Waals surface area contributed by atoms with E-state index in [2.05, 4.69) is 0 Å². The Kier molecular flexibility index (Phi) is 2.81. The molecule has 0 spiro atoms. The first-order valence-corrected chi connectivity index (χ1v) is 6.48. The summed E-state index contributed by atoms with van der Waals surface area (Å²) in [5, 5.41) is 11.6. The molecule has 0 bridgehead atoms. The van der Waals surface area contributed by atoms with Crippen LogP contribution in [-0.2, 0) is 9.84 Å². The lowest BCUT2D eigenvalue weighted by Crippen LogP contribution is -2.14. The van der Waals surface area contributed by atoms with Crippen LogP contribution in [0.5, 0.6) is 0 Å². The minimum absolute atomic E-state index is 0.00676. The number of sulfone groups is 1. The van der Waals surface area contributed by atoms with Gasteiger partial charge in [-0.15, -0.1) is 0 Å². The Labute approximate surface area is 97.8 Å². The van der Waals surface area contributed by atoms with E-state index in [1.54, 1.807) is 36.4 Å². The Morgan fingerprint density at radius 3 is 2.41 bits per heavy atom. The predicted octanol–water partition coefficient (Wildman–Crippen LogP) is 1.85. The smallest absolute Gasteiger partial charge is 0.263 e. The molecule has 2 rings (SSSR count). The third kappa shape index (κ3) is 2.26. The summed E-state index contributed by atoms with van der Waals surface area (Å²) in [6, 6.07) is 11.6. The molecule has 0 radical (unpaired) electrons. The van der Waals surface area contributed by atoms with E-state index in [1.165, 1.54) is 6.07 Å². The van der Waals surface area contributed by atoms with Crippen molar-refractivity contribution in [2.45, 2.75) is 4.90 Å². The van der Waals surface area contributed by atoms with Crippen LogP contribution in [-0.4, -0.2) is 19.2 Å². The second-order valence-corrected chi connectivity index (χ2v) is 5.48. The minimum Gasteiger partial charge on any atom is -0.263 e. The minimum atomic E-state index is -3.89. The van der Waals surface area contributed by atoms with Gasteiger partial charge in [0.1, 0.15) is 0 Å². The summed E-state index contributed by atoms with van der Waals surface area (Å²) in [4.78, 5) is 9.52. The van der Waals surface area contributed by atoms with Crippen molar-refractivity contribution in [3.8, 4) is 0 Å². The molecule has 6 heteroatoms. The van der Waals surface area contributed by atoms with Crippen molar-refractivity contribution >= 4 is 20.6 Å². The van der Waals surface area contributed by atoms with Gasteiger partial charge in [0, 0.05) is 10.3 Å². The van der Waals surface area contributed by atoms with E-state index in [4.69, 9.17) is 0 Å². The molecule has 17 heavy (non-hydrogen) atoms. The maximum Gasteiger partial charge on any atom is 0.305 e. The highest BCUT2D eigenvalue weighted by Crippen LogP contribution is 2.23. The molecule has 0 fully saturated rings. The molecule has 88 valence electrons. The molecule has 0 aliphatic heterocycles. The van der Waals surface area contributed by atoms with Crippen molar-refractivity contribution in [2.75, 3.05) is 5.88 Å². The van der Waals surface area contributed by atoms with Crippen LogP contribution < -0.4 is 0 Å². The molecule has 5 nitrogen and oxygen atoms in total. The van der Waals surface area contributed by atoms with Gasteiger partial charge in [-0.05, 0) is 11.5 Å². The third-order valence-electron chi connectivity index (χ3n) is 2.36. The molecule has 0 aromatic heterocycles. The van der Waals surface area contributed by atoms with Gasteiger partial charge >= 0.3 is 5.88 Å². The molecule has 2 aromatic rings. The topological polar surface area (TPSA) is 77.3 Å². The summed E-state index contributed by atoms with van der Waals surface area (Å²) in [5.74, 6) is -1.08. The normalized spacial score (nSPS) is 11.5. The van der Waals surface area contributed by atoms with Crippen molar-refractivity contribution in [1.29, 1.82) is 0 Å². The van der Waals surface area contributed by atoms with Gasteiger partial charge in [-0.1, -0.05) is 36.4 Å². The van der Waals surface area contributed by atoms with Crippen LogP contribution in [0, 0.1) is 10.1 Å². The van der Waals surface area contributed by atoms with Crippen molar-refractivity contribution in [3.63, 3.8) is 0 Å². The van der Waals surface area contributed by atoms with Gasteiger partial charge in [0.2, 0.25) is 9.84 Å². The molecule has 0 N–H and O–H groups in total. The van der Waals surface area contributed by atoms with Crippen LogP contribution in [0.1, 0.15) is 0 Å². The van der Waals surface area contributed by atoms with Crippen LogP contribution in [0.3, 0.4) is 0 Å². The van der Waals surface area contributed by atoms with Gasteiger partial charge < -0.3 is 0 Å². The Morgan fingerprint density at radius 2 is 1.71 bits per heavy atom. The van der Waals surface area contributed by atoms with E-state index in [-0.39, 0.29) is 4.90 Å². The molecule has 0 heterocycles. The quantitative estimate of drug-likeness (QED) is 0.616. The molecule has 0 amide bonds. The fourth-order valence-corrected chi connectivity index (χ4v) is 2.90. The second-order valence-electron chi connectivity index (χ2n) is 3.55. The van der Waals surface area contributed by atoms with Gasteiger partial charge in [0.25, 0.3) is 0 Å². The lowest BCUT2D eigenvalue weighted by molar-refractivity contribution is -0.458. The monoisotopic (exact) mass is 251 g/mol. The summed E-state index contributed by atoms with van der Waals surface area (Å²) in [6.45, 7) is 0. The maximum absolute atomic E-state index is 11.8. The summed E-state index contributed by atoms with van der Waals surface area (Å²) >= 11 is 0. The van der Waals surface area contributed by atoms with Crippen LogP contribution >= 0.6 is 0 Å². The Bertz CT molecular complexity index is 673. The fourth-order valence-electron chi connectivity index (χ4n) is 1.68. The second kappa shape index (κ2) is 4.14. The largest absolute Gasteiger partial charge is 0.305 e. The van der Waals surface area contributed by atoms with E-state index < -0.39 is 20.6 Å². The zero-order valence-corrected chi connectivity index (χ0v) is 9.55.